The topological polar surface area (TPSA) is 12.0 Å². The van der Waals surface area contributed by atoms with Gasteiger partial charge in [0.05, 0.1) is 0 Å². The molecule has 0 radical (unpaired) electrons. The van der Waals surface area contributed by atoms with Gasteiger partial charge in [0.25, 0.3) is 0 Å². The minimum Gasteiger partial charge on any atom is -0.355 e. The monoisotopic (exact) mass is 319 g/mol. The van der Waals surface area contributed by atoms with E-state index in [2.05, 4.69) is 92.8 Å². The molecular weight excluding hydrogens is 297 g/mol. The fraction of sp³-hybridized carbons (Fsp3) is 0.143. The highest BCUT2D eigenvalue weighted by molar-refractivity contribution is 7.55. The van der Waals surface area contributed by atoms with E-state index in [4.69, 9.17) is 0 Å². The van der Waals surface area contributed by atoms with Gasteiger partial charge in [0.1, 0.15) is 0 Å². The van der Waals surface area contributed by atoms with Crippen LogP contribution < -0.4 is 15.9 Å². The molecule has 1 unspecified atom stereocenters. The number of hydrogen-bond donors (Lipinski definition) is 1. The van der Waals surface area contributed by atoms with Crippen molar-refractivity contribution in [3.05, 3.63) is 83.4 Å². The van der Waals surface area contributed by atoms with E-state index in [-0.39, 0.29) is 0 Å². The van der Waals surface area contributed by atoms with Crippen molar-refractivity contribution in [2.45, 2.75) is 20.8 Å². The molecule has 116 valence electrons. The summed E-state index contributed by atoms with van der Waals surface area (Å²) in [5.41, 5.74) is 6.32. The standard InChI is InChI=1S/C21H22NP/c1-15-13-16(2)21(17(3)14-15)22-19-11-7-8-12-20(19)23-18-9-5-4-6-10-18/h4-14,22-23H,1-3H3. The number of benzene rings is 3. The van der Waals surface area contributed by atoms with Crippen molar-refractivity contribution >= 4 is 30.6 Å². The summed E-state index contributed by atoms with van der Waals surface area (Å²) in [5.74, 6) is 0. The van der Waals surface area contributed by atoms with Gasteiger partial charge in [0.2, 0.25) is 0 Å². The van der Waals surface area contributed by atoms with Crippen molar-refractivity contribution in [1.82, 2.24) is 0 Å². The molecule has 0 saturated heterocycles. The van der Waals surface area contributed by atoms with E-state index >= 15 is 0 Å². The largest absolute Gasteiger partial charge is 0.355 e. The Morgan fingerprint density at radius 3 is 2.04 bits per heavy atom. The van der Waals surface area contributed by atoms with Crippen LogP contribution in [-0.4, -0.2) is 0 Å². The Balaban J connectivity index is 1.93. The first-order chi connectivity index (χ1) is 11.1. The Hall–Kier alpha value is -2.11. The summed E-state index contributed by atoms with van der Waals surface area (Å²) >= 11 is 0. The summed E-state index contributed by atoms with van der Waals surface area (Å²) < 4.78 is 0. The molecule has 3 aromatic carbocycles. The molecule has 0 bridgehead atoms. The van der Waals surface area contributed by atoms with Crippen LogP contribution in [0.1, 0.15) is 16.7 Å². The molecule has 3 aromatic rings. The highest BCUT2D eigenvalue weighted by Crippen LogP contribution is 2.27. The van der Waals surface area contributed by atoms with Gasteiger partial charge in [-0.15, -0.1) is 0 Å². The van der Waals surface area contributed by atoms with Crippen LogP contribution in [0, 0.1) is 20.8 Å². The Morgan fingerprint density at radius 2 is 1.35 bits per heavy atom. The van der Waals surface area contributed by atoms with Gasteiger partial charge in [-0.2, -0.15) is 0 Å². The fourth-order valence-corrected chi connectivity index (χ4v) is 4.02. The lowest BCUT2D eigenvalue weighted by Gasteiger charge is -2.17. The van der Waals surface area contributed by atoms with E-state index in [0.717, 1.165) is 0 Å². The molecule has 0 aliphatic carbocycles. The molecule has 0 aliphatic heterocycles. The van der Waals surface area contributed by atoms with Gasteiger partial charge in [0.15, 0.2) is 0 Å². The van der Waals surface area contributed by atoms with Crippen LogP contribution in [0.25, 0.3) is 0 Å². The smallest absolute Gasteiger partial charge is 0.0463 e. The number of rotatable bonds is 4. The lowest BCUT2D eigenvalue weighted by atomic mass is 10.0. The van der Waals surface area contributed by atoms with E-state index < -0.39 is 0 Å². The zero-order chi connectivity index (χ0) is 16.2. The van der Waals surface area contributed by atoms with Crippen LogP contribution >= 0.6 is 8.58 Å². The van der Waals surface area contributed by atoms with Gasteiger partial charge in [0, 0.05) is 16.7 Å². The van der Waals surface area contributed by atoms with Crippen LogP contribution in [0.3, 0.4) is 0 Å². The molecule has 0 heterocycles. The zero-order valence-corrected chi connectivity index (χ0v) is 14.9. The number of hydrogen-bond acceptors (Lipinski definition) is 1. The molecule has 0 fully saturated rings. The highest BCUT2D eigenvalue weighted by Gasteiger charge is 2.08. The summed E-state index contributed by atoms with van der Waals surface area (Å²) in [4.78, 5) is 0. The predicted octanol–water partition coefficient (Wildman–Crippen LogP) is 4.98. The first-order valence-corrected chi connectivity index (χ1v) is 8.89. The molecule has 0 saturated carbocycles. The Bertz CT molecular complexity index is 786. The maximum atomic E-state index is 3.66. The van der Waals surface area contributed by atoms with Crippen LogP contribution in [0.4, 0.5) is 11.4 Å². The normalized spacial score (nSPS) is 11.1. The third kappa shape index (κ3) is 3.81. The maximum Gasteiger partial charge on any atom is 0.0463 e. The molecule has 3 rings (SSSR count). The molecule has 1 atom stereocenters. The second-order valence-corrected chi connectivity index (χ2v) is 7.30. The lowest BCUT2D eigenvalue weighted by molar-refractivity contribution is 1.31. The van der Waals surface area contributed by atoms with Gasteiger partial charge in [-0.3, -0.25) is 0 Å². The summed E-state index contributed by atoms with van der Waals surface area (Å²) in [5, 5.41) is 6.37. The van der Waals surface area contributed by atoms with Crippen LogP contribution in [0.5, 0.6) is 0 Å². The van der Waals surface area contributed by atoms with Gasteiger partial charge in [-0.1, -0.05) is 74.8 Å². The molecule has 0 spiro atoms. The van der Waals surface area contributed by atoms with E-state index in [9.17, 15) is 0 Å². The first kappa shape index (κ1) is 15.8. The number of nitrogens with one attached hydrogen (secondary N) is 1. The molecule has 0 amide bonds. The molecule has 1 nitrogen and oxygen atoms in total. The van der Waals surface area contributed by atoms with Gasteiger partial charge in [-0.05, 0) is 43.3 Å². The number of aryl methyl sites for hydroxylation is 3. The molecule has 0 aliphatic rings. The van der Waals surface area contributed by atoms with Crippen molar-refractivity contribution in [3.8, 4) is 0 Å². The second-order valence-electron chi connectivity index (χ2n) is 5.94. The van der Waals surface area contributed by atoms with Crippen molar-refractivity contribution in [2.75, 3.05) is 5.32 Å². The Labute approximate surface area is 140 Å². The maximum absolute atomic E-state index is 3.66. The molecule has 1 N–H and O–H groups in total. The lowest BCUT2D eigenvalue weighted by Crippen LogP contribution is -2.09. The summed E-state index contributed by atoms with van der Waals surface area (Å²) in [6, 6.07) is 23.7. The Kier molecular flexibility index (Phi) is 4.79. The van der Waals surface area contributed by atoms with E-state index in [1.54, 1.807) is 0 Å². The minimum atomic E-state index is 0.656. The third-order valence-corrected chi connectivity index (χ3v) is 5.24. The van der Waals surface area contributed by atoms with Crippen molar-refractivity contribution in [1.29, 1.82) is 0 Å². The molecular formula is C21H22NP. The minimum absolute atomic E-state index is 0.656. The summed E-state index contributed by atoms with van der Waals surface area (Å²) in [7, 11) is 0.656. The number of para-hydroxylation sites is 1. The quantitative estimate of drug-likeness (QED) is 0.668. The average Bonchev–Trinajstić information content (AvgIpc) is 2.53. The van der Waals surface area contributed by atoms with Gasteiger partial charge in [-0.25, -0.2) is 0 Å². The van der Waals surface area contributed by atoms with Crippen LogP contribution in [-0.2, 0) is 0 Å². The summed E-state index contributed by atoms with van der Waals surface area (Å²) in [6.45, 7) is 6.49. The van der Waals surface area contributed by atoms with Crippen molar-refractivity contribution in [2.24, 2.45) is 0 Å². The van der Waals surface area contributed by atoms with E-state index in [1.807, 2.05) is 0 Å². The molecule has 2 heteroatoms. The van der Waals surface area contributed by atoms with Crippen molar-refractivity contribution in [3.63, 3.8) is 0 Å². The second kappa shape index (κ2) is 6.98. The molecule has 0 aromatic heterocycles. The average molecular weight is 319 g/mol. The molecule has 23 heavy (non-hydrogen) atoms. The van der Waals surface area contributed by atoms with E-state index in [0.29, 0.717) is 8.58 Å². The van der Waals surface area contributed by atoms with Gasteiger partial charge >= 0.3 is 0 Å². The summed E-state index contributed by atoms with van der Waals surface area (Å²) in [6.07, 6.45) is 0. The van der Waals surface area contributed by atoms with Crippen LogP contribution in [0.2, 0.25) is 0 Å². The third-order valence-electron chi connectivity index (χ3n) is 3.92. The highest BCUT2D eigenvalue weighted by atomic mass is 31.1. The predicted molar refractivity (Wildman–Crippen MR) is 104 cm³/mol. The van der Waals surface area contributed by atoms with Gasteiger partial charge < -0.3 is 5.32 Å². The zero-order valence-electron chi connectivity index (χ0n) is 13.9. The van der Waals surface area contributed by atoms with E-state index in [1.165, 1.54) is 38.7 Å². The van der Waals surface area contributed by atoms with Crippen molar-refractivity contribution < 1.29 is 0 Å². The van der Waals surface area contributed by atoms with Crippen LogP contribution in [0.15, 0.2) is 66.7 Å². The fourth-order valence-electron chi connectivity index (χ4n) is 2.89. The SMILES string of the molecule is Cc1cc(C)c(Nc2ccccc2Pc2ccccc2)c(C)c1. The number of anilines is 2. The first-order valence-electron chi connectivity index (χ1n) is 7.89. The Morgan fingerprint density at radius 1 is 0.739 bits per heavy atom.